The monoisotopic (exact) mass is 450 g/mol. The molecule has 0 saturated carbocycles. The summed E-state index contributed by atoms with van der Waals surface area (Å²) in [5.41, 5.74) is 4.82. The average Bonchev–Trinajstić information content (AvgIpc) is 3.42. The lowest BCUT2D eigenvalue weighted by Gasteiger charge is -2.10. The number of hydrogen-bond donors (Lipinski definition) is 1. The van der Waals surface area contributed by atoms with Gasteiger partial charge in [0, 0.05) is 24.1 Å². The normalized spacial score (nSPS) is 12.4. The molecule has 0 radical (unpaired) electrons. The van der Waals surface area contributed by atoms with Crippen LogP contribution in [0.4, 0.5) is 4.39 Å². The number of hydrogen-bond acceptors (Lipinski definition) is 4. The molecule has 34 heavy (non-hydrogen) atoms. The van der Waals surface area contributed by atoms with E-state index in [0.29, 0.717) is 23.4 Å². The smallest absolute Gasteiger partial charge is 0.245 e. The van der Waals surface area contributed by atoms with Gasteiger partial charge in [0.2, 0.25) is 11.7 Å². The number of nitriles is 1. The highest BCUT2D eigenvalue weighted by atomic mass is 19.1. The van der Waals surface area contributed by atoms with Gasteiger partial charge in [-0.15, -0.1) is 0 Å². The van der Waals surface area contributed by atoms with Gasteiger partial charge in [-0.25, -0.2) is 9.07 Å². The maximum absolute atomic E-state index is 13.5. The first-order valence-corrected chi connectivity index (χ1v) is 10.8. The predicted octanol–water partition coefficient (Wildman–Crippen LogP) is 4.22. The van der Waals surface area contributed by atoms with Gasteiger partial charge in [-0.3, -0.25) is 9.59 Å². The Bertz CT molecular complexity index is 1440. The fraction of sp³-hybridized carbons (Fsp3) is 0.111. The first kappa shape index (κ1) is 21.3. The third-order valence-corrected chi connectivity index (χ3v) is 5.89. The minimum absolute atomic E-state index is 0.0805. The second kappa shape index (κ2) is 8.75. The molecular weight excluding hydrogens is 431 g/mol. The van der Waals surface area contributed by atoms with Crippen molar-refractivity contribution in [2.45, 2.75) is 13.0 Å². The van der Waals surface area contributed by atoms with E-state index in [1.165, 1.54) is 12.1 Å². The van der Waals surface area contributed by atoms with Gasteiger partial charge in [0.05, 0.1) is 17.5 Å². The number of benzene rings is 3. The molecule has 0 fully saturated rings. The SMILES string of the molecule is N#CC(C(=O)NCc1ccccc1)C(=O)c1nn(-c2ccc(F)cc2)c2c1Cc1ccccc1-2. The van der Waals surface area contributed by atoms with Crippen LogP contribution in [0.3, 0.4) is 0 Å². The lowest BCUT2D eigenvalue weighted by atomic mass is 9.98. The van der Waals surface area contributed by atoms with E-state index in [2.05, 4.69) is 10.4 Å². The van der Waals surface area contributed by atoms with Crippen LogP contribution in [-0.2, 0) is 17.8 Å². The van der Waals surface area contributed by atoms with Crippen molar-refractivity contribution in [1.29, 1.82) is 5.26 Å². The minimum Gasteiger partial charge on any atom is -0.350 e. The molecule has 1 atom stereocenters. The molecule has 1 heterocycles. The van der Waals surface area contributed by atoms with Gasteiger partial charge in [-0.2, -0.15) is 10.4 Å². The third-order valence-electron chi connectivity index (χ3n) is 5.89. The Balaban J connectivity index is 1.51. The summed E-state index contributed by atoms with van der Waals surface area (Å²) in [5, 5.41) is 16.9. The van der Waals surface area contributed by atoms with Crippen LogP contribution in [0, 0.1) is 23.1 Å². The highest BCUT2D eigenvalue weighted by Crippen LogP contribution is 2.40. The van der Waals surface area contributed by atoms with Crippen molar-refractivity contribution < 1.29 is 14.0 Å². The number of aromatic nitrogens is 2. The molecule has 1 amide bonds. The molecule has 5 rings (SSSR count). The molecule has 166 valence electrons. The molecule has 4 aromatic rings. The Kier molecular flexibility index (Phi) is 5.48. The molecule has 1 aliphatic rings. The molecule has 0 saturated heterocycles. The predicted molar refractivity (Wildman–Crippen MR) is 123 cm³/mol. The van der Waals surface area contributed by atoms with E-state index in [1.54, 1.807) is 16.8 Å². The van der Waals surface area contributed by atoms with E-state index in [9.17, 15) is 19.2 Å². The van der Waals surface area contributed by atoms with Crippen LogP contribution in [0.15, 0.2) is 78.9 Å². The number of carbonyl (C=O) groups is 2. The molecule has 0 spiro atoms. The van der Waals surface area contributed by atoms with Crippen LogP contribution in [-0.4, -0.2) is 21.5 Å². The van der Waals surface area contributed by atoms with E-state index < -0.39 is 17.6 Å². The fourth-order valence-electron chi connectivity index (χ4n) is 4.22. The highest BCUT2D eigenvalue weighted by Gasteiger charge is 2.36. The molecule has 0 aliphatic heterocycles. The molecule has 1 aliphatic carbocycles. The van der Waals surface area contributed by atoms with E-state index in [1.807, 2.05) is 60.7 Å². The van der Waals surface area contributed by atoms with Crippen molar-refractivity contribution in [2.24, 2.45) is 5.92 Å². The van der Waals surface area contributed by atoms with Gasteiger partial charge in [0.15, 0.2) is 5.92 Å². The number of carbonyl (C=O) groups excluding carboxylic acids is 2. The van der Waals surface area contributed by atoms with Crippen molar-refractivity contribution in [3.63, 3.8) is 0 Å². The molecule has 1 N–H and O–H groups in total. The summed E-state index contributed by atoms with van der Waals surface area (Å²) < 4.78 is 15.1. The third kappa shape index (κ3) is 3.76. The zero-order valence-corrected chi connectivity index (χ0v) is 18.0. The lowest BCUT2D eigenvalue weighted by Crippen LogP contribution is -2.34. The van der Waals surface area contributed by atoms with Crippen LogP contribution in [0.1, 0.15) is 27.2 Å². The number of nitrogens with zero attached hydrogens (tertiary/aromatic N) is 3. The summed E-state index contributed by atoms with van der Waals surface area (Å²) in [6.07, 6.45) is 0.456. The molecule has 1 aromatic heterocycles. The quantitative estimate of drug-likeness (QED) is 0.310. The first-order valence-electron chi connectivity index (χ1n) is 10.8. The van der Waals surface area contributed by atoms with Crippen LogP contribution in [0.5, 0.6) is 0 Å². The Labute approximate surface area is 195 Å². The Morgan fingerprint density at radius 2 is 1.74 bits per heavy atom. The Morgan fingerprint density at radius 3 is 2.47 bits per heavy atom. The largest absolute Gasteiger partial charge is 0.350 e. The summed E-state index contributed by atoms with van der Waals surface area (Å²) in [4.78, 5) is 26.2. The minimum atomic E-state index is -1.53. The van der Waals surface area contributed by atoms with Crippen molar-refractivity contribution >= 4 is 11.7 Å². The summed E-state index contributed by atoms with van der Waals surface area (Å²) in [5.74, 6) is -3.24. The summed E-state index contributed by atoms with van der Waals surface area (Å²) >= 11 is 0. The molecule has 3 aromatic carbocycles. The Hall–Kier alpha value is -4.57. The fourth-order valence-corrected chi connectivity index (χ4v) is 4.22. The zero-order chi connectivity index (χ0) is 23.7. The number of amides is 1. The van der Waals surface area contributed by atoms with Crippen molar-refractivity contribution in [1.82, 2.24) is 15.1 Å². The highest BCUT2D eigenvalue weighted by molar-refractivity contribution is 6.12. The Morgan fingerprint density at radius 1 is 1.03 bits per heavy atom. The van der Waals surface area contributed by atoms with Gasteiger partial charge in [-0.1, -0.05) is 54.6 Å². The molecule has 7 heteroatoms. The number of rotatable bonds is 6. The molecule has 1 unspecified atom stereocenters. The maximum Gasteiger partial charge on any atom is 0.245 e. The summed E-state index contributed by atoms with van der Waals surface area (Å²) in [6, 6.07) is 24.6. The molecule has 0 bridgehead atoms. The zero-order valence-electron chi connectivity index (χ0n) is 18.0. The summed E-state index contributed by atoms with van der Waals surface area (Å²) in [6.45, 7) is 0.207. The number of nitrogens with one attached hydrogen (secondary N) is 1. The van der Waals surface area contributed by atoms with Gasteiger partial charge in [0.1, 0.15) is 11.5 Å². The number of fused-ring (bicyclic) bond motifs is 3. The van der Waals surface area contributed by atoms with E-state index in [-0.39, 0.29) is 18.1 Å². The van der Waals surface area contributed by atoms with E-state index in [4.69, 9.17) is 0 Å². The van der Waals surface area contributed by atoms with E-state index >= 15 is 0 Å². The topological polar surface area (TPSA) is 87.8 Å². The van der Waals surface area contributed by atoms with Crippen LogP contribution >= 0.6 is 0 Å². The maximum atomic E-state index is 13.5. The van der Waals surface area contributed by atoms with Crippen LogP contribution in [0.2, 0.25) is 0 Å². The first-order chi connectivity index (χ1) is 16.6. The number of Topliss-reactive ketones (excluding diaryl/α,β-unsaturated/α-hetero) is 1. The number of halogens is 1. The second-order valence-electron chi connectivity index (χ2n) is 8.03. The van der Waals surface area contributed by atoms with Gasteiger partial charge >= 0.3 is 0 Å². The van der Waals surface area contributed by atoms with Crippen LogP contribution < -0.4 is 5.32 Å². The van der Waals surface area contributed by atoms with Crippen molar-refractivity contribution in [2.75, 3.05) is 0 Å². The van der Waals surface area contributed by atoms with Gasteiger partial charge < -0.3 is 5.32 Å². The van der Waals surface area contributed by atoms with Gasteiger partial charge in [0.25, 0.3) is 0 Å². The van der Waals surface area contributed by atoms with E-state index in [0.717, 1.165) is 16.7 Å². The molecular formula is C27H19FN4O2. The standard InChI is InChI=1S/C27H19FN4O2/c28-19-10-12-20(13-11-19)32-25-21-9-5-4-8-18(21)14-22(25)24(31-32)26(33)23(15-29)27(34)30-16-17-6-2-1-3-7-17/h1-13,23H,14,16H2,(H,30,34). The lowest BCUT2D eigenvalue weighted by molar-refractivity contribution is -0.122. The average molecular weight is 450 g/mol. The second-order valence-corrected chi connectivity index (χ2v) is 8.03. The summed E-state index contributed by atoms with van der Waals surface area (Å²) in [7, 11) is 0. The van der Waals surface area contributed by atoms with Crippen molar-refractivity contribution in [3.05, 3.63) is 107 Å². The molecule has 6 nitrogen and oxygen atoms in total. The van der Waals surface area contributed by atoms with Gasteiger partial charge in [-0.05, 0) is 35.4 Å². The van der Waals surface area contributed by atoms with Crippen LogP contribution in [0.25, 0.3) is 16.9 Å². The van der Waals surface area contributed by atoms with Crippen molar-refractivity contribution in [3.8, 4) is 23.0 Å². The number of ketones is 1.